The Morgan fingerprint density at radius 2 is 1.68 bits per heavy atom. The number of hydrogen-bond acceptors (Lipinski definition) is 4. The number of piperidine rings is 1. The molecule has 0 aliphatic carbocycles. The topological polar surface area (TPSA) is 92.2 Å². The number of ketones is 1. The third-order valence-corrected chi connectivity index (χ3v) is 6.38. The summed E-state index contributed by atoms with van der Waals surface area (Å²) in [5, 5.41) is 2.86. The van der Waals surface area contributed by atoms with Gasteiger partial charge in [0.05, 0.1) is 10.6 Å². The molecule has 7 nitrogen and oxygen atoms in total. The first-order valence-corrected chi connectivity index (χ1v) is 9.69. The van der Waals surface area contributed by atoms with E-state index in [0.29, 0.717) is 24.5 Å². The molecule has 0 spiro atoms. The molecule has 2 aromatic rings. The number of carbonyl (C=O) groups excluding carboxylic acids is 1. The Hall–Kier alpha value is -2.19. The van der Waals surface area contributed by atoms with Gasteiger partial charge in [0.25, 0.3) is 5.56 Å². The molecular formula is C17H21N3O4S. The number of rotatable bonds is 4. The Balaban J connectivity index is 1.94. The fourth-order valence-electron chi connectivity index (χ4n) is 3.16. The van der Waals surface area contributed by atoms with E-state index in [1.54, 1.807) is 19.1 Å². The quantitative estimate of drug-likeness (QED) is 0.839. The lowest BCUT2D eigenvalue weighted by Crippen LogP contribution is -2.35. The number of hydrogen-bond donors (Lipinski definition) is 1. The summed E-state index contributed by atoms with van der Waals surface area (Å²) in [6, 6.07) is 6.13. The lowest BCUT2D eigenvalue weighted by Gasteiger charge is -2.25. The van der Waals surface area contributed by atoms with Crippen LogP contribution < -0.4 is 5.56 Å². The van der Waals surface area contributed by atoms with Crippen LogP contribution in [-0.2, 0) is 10.0 Å². The molecule has 0 saturated carbocycles. The maximum absolute atomic E-state index is 12.7. The van der Waals surface area contributed by atoms with Gasteiger partial charge in [-0.25, -0.2) is 13.1 Å². The molecule has 1 fully saturated rings. The first-order chi connectivity index (χ1) is 11.8. The molecule has 134 valence electrons. The predicted molar refractivity (Wildman–Crippen MR) is 93.7 cm³/mol. The van der Waals surface area contributed by atoms with Crippen molar-refractivity contribution in [3.05, 3.63) is 45.9 Å². The molecule has 0 unspecified atom stereocenters. The molecule has 25 heavy (non-hydrogen) atoms. The highest BCUT2D eigenvalue weighted by Gasteiger charge is 2.26. The molecule has 1 aliphatic heterocycles. The Kier molecular flexibility index (Phi) is 4.66. The molecule has 1 aliphatic rings. The SMILES string of the molecule is CC(=O)c1c(C)[nH]n(-c2ccc(S(=O)(=O)N3CCCCC3)cc2)c1=O. The Bertz CT molecular complexity index is 949. The van der Waals surface area contributed by atoms with Crippen LogP contribution in [0.2, 0.25) is 0 Å². The van der Waals surface area contributed by atoms with Gasteiger partial charge in [-0.05, 0) is 51.0 Å². The van der Waals surface area contributed by atoms with Gasteiger partial charge in [-0.1, -0.05) is 6.42 Å². The minimum absolute atomic E-state index is 0.116. The molecular weight excluding hydrogens is 342 g/mol. The van der Waals surface area contributed by atoms with Crippen molar-refractivity contribution >= 4 is 15.8 Å². The second kappa shape index (κ2) is 6.61. The van der Waals surface area contributed by atoms with Crippen molar-refractivity contribution < 1.29 is 13.2 Å². The minimum atomic E-state index is -3.51. The van der Waals surface area contributed by atoms with Gasteiger partial charge < -0.3 is 0 Å². The van der Waals surface area contributed by atoms with Gasteiger partial charge >= 0.3 is 0 Å². The zero-order valence-corrected chi connectivity index (χ0v) is 15.1. The van der Waals surface area contributed by atoms with E-state index < -0.39 is 15.6 Å². The summed E-state index contributed by atoms with van der Waals surface area (Å²) in [6.07, 6.45) is 2.81. The van der Waals surface area contributed by atoms with Gasteiger partial charge in [0.1, 0.15) is 5.56 Å². The van der Waals surface area contributed by atoms with E-state index >= 15 is 0 Å². The van der Waals surface area contributed by atoms with E-state index in [2.05, 4.69) is 5.10 Å². The molecule has 1 aromatic carbocycles. The molecule has 0 bridgehead atoms. The number of aryl methyl sites for hydroxylation is 1. The number of Topliss-reactive ketones (excluding diaryl/α,β-unsaturated/α-hetero) is 1. The van der Waals surface area contributed by atoms with E-state index in [1.807, 2.05) is 0 Å². The van der Waals surface area contributed by atoms with Crippen LogP contribution in [0.5, 0.6) is 0 Å². The highest BCUT2D eigenvalue weighted by molar-refractivity contribution is 7.89. The molecule has 0 amide bonds. The standard InChI is InChI=1S/C17H21N3O4S/c1-12-16(13(2)21)17(22)20(18-12)14-6-8-15(9-7-14)25(23,24)19-10-4-3-5-11-19/h6-9,18H,3-5,10-11H2,1-2H3. The molecule has 1 saturated heterocycles. The van der Waals surface area contributed by atoms with Gasteiger partial charge in [-0.2, -0.15) is 4.31 Å². The fraction of sp³-hybridized carbons (Fsp3) is 0.412. The summed E-state index contributed by atoms with van der Waals surface area (Å²) >= 11 is 0. The molecule has 8 heteroatoms. The van der Waals surface area contributed by atoms with Crippen LogP contribution in [0.3, 0.4) is 0 Å². The zero-order valence-electron chi connectivity index (χ0n) is 14.3. The lowest BCUT2D eigenvalue weighted by molar-refractivity contribution is 0.101. The van der Waals surface area contributed by atoms with Crippen molar-refractivity contribution in [1.82, 2.24) is 14.1 Å². The number of nitrogens with one attached hydrogen (secondary N) is 1. The largest absolute Gasteiger partial charge is 0.295 e. The van der Waals surface area contributed by atoms with Crippen molar-refractivity contribution in [3.63, 3.8) is 0 Å². The normalized spacial score (nSPS) is 16.1. The first-order valence-electron chi connectivity index (χ1n) is 8.25. The Morgan fingerprint density at radius 1 is 1.08 bits per heavy atom. The van der Waals surface area contributed by atoms with Crippen LogP contribution in [0.1, 0.15) is 42.2 Å². The van der Waals surface area contributed by atoms with Crippen molar-refractivity contribution in [2.24, 2.45) is 0 Å². The van der Waals surface area contributed by atoms with Crippen molar-refractivity contribution in [2.45, 2.75) is 38.0 Å². The van der Waals surface area contributed by atoms with Crippen LogP contribution in [0.4, 0.5) is 0 Å². The summed E-state index contributed by atoms with van der Waals surface area (Å²) < 4.78 is 28.1. The number of H-pyrrole nitrogens is 1. The van der Waals surface area contributed by atoms with E-state index in [9.17, 15) is 18.0 Å². The van der Waals surface area contributed by atoms with Crippen LogP contribution in [0.25, 0.3) is 5.69 Å². The highest BCUT2D eigenvalue weighted by atomic mass is 32.2. The van der Waals surface area contributed by atoms with E-state index in [1.165, 1.54) is 28.0 Å². The van der Waals surface area contributed by atoms with Crippen LogP contribution in [0.15, 0.2) is 34.0 Å². The summed E-state index contributed by atoms with van der Waals surface area (Å²) in [5.41, 5.74) is 0.655. The van der Waals surface area contributed by atoms with Gasteiger partial charge in [-0.15, -0.1) is 0 Å². The van der Waals surface area contributed by atoms with Crippen molar-refractivity contribution in [3.8, 4) is 5.69 Å². The second-order valence-corrected chi connectivity index (χ2v) is 8.21. The fourth-order valence-corrected chi connectivity index (χ4v) is 4.68. The highest BCUT2D eigenvalue weighted by Crippen LogP contribution is 2.21. The summed E-state index contributed by atoms with van der Waals surface area (Å²) in [6.45, 7) is 4.09. The smallest absolute Gasteiger partial charge is 0.282 e. The van der Waals surface area contributed by atoms with E-state index in [4.69, 9.17) is 0 Å². The predicted octanol–water partition coefficient (Wildman–Crippen LogP) is 1.85. The van der Waals surface area contributed by atoms with Gasteiger partial charge in [0.15, 0.2) is 5.78 Å². The third kappa shape index (κ3) is 3.19. The molecule has 3 rings (SSSR count). The minimum Gasteiger partial charge on any atom is -0.295 e. The second-order valence-electron chi connectivity index (χ2n) is 6.27. The number of aromatic nitrogens is 2. The van der Waals surface area contributed by atoms with Crippen LogP contribution in [0, 0.1) is 6.92 Å². The summed E-state index contributed by atoms with van der Waals surface area (Å²) in [5.74, 6) is -0.304. The average molecular weight is 363 g/mol. The van der Waals surface area contributed by atoms with Crippen LogP contribution >= 0.6 is 0 Å². The van der Waals surface area contributed by atoms with E-state index in [-0.39, 0.29) is 16.2 Å². The lowest BCUT2D eigenvalue weighted by atomic mass is 10.2. The van der Waals surface area contributed by atoms with Gasteiger partial charge in [0.2, 0.25) is 10.0 Å². The maximum atomic E-state index is 12.7. The van der Waals surface area contributed by atoms with Crippen LogP contribution in [-0.4, -0.2) is 41.4 Å². The number of nitrogens with zero attached hydrogens (tertiary/aromatic N) is 2. The number of benzene rings is 1. The van der Waals surface area contributed by atoms with Crippen molar-refractivity contribution in [1.29, 1.82) is 0 Å². The number of carbonyl (C=O) groups is 1. The number of sulfonamides is 1. The monoisotopic (exact) mass is 363 g/mol. The average Bonchev–Trinajstić information content (AvgIpc) is 2.90. The Labute approximate surface area is 146 Å². The van der Waals surface area contributed by atoms with Gasteiger partial charge in [0, 0.05) is 18.8 Å². The summed E-state index contributed by atoms with van der Waals surface area (Å²) in [4.78, 5) is 24.1. The molecule has 1 aromatic heterocycles. The molecule has 0 radical (unpaired) electrons. The van der Waals surface area contributed by atoms with Gasteiger partial charge in [-0.3, -0.25) is 14.7 Å². The molecule has 2 heterocycles. The zero-order chi connectivity index (χ0) is 18.2. The maximum Gasteiger partial charge on any atom is 0.282 e. The molecule has 1 N–H and O–H groups in total. The van der Waals surface area contributed by atoms with E-state index in [0.717, 1.165) is 19.3 Å². The third-order valence-electron chi connectivity index (χ3n) is 4.47. The molecule has 0 atom stereocenters. The first kappa shape index (κ1) is 17.6. The van der Waals surface area contributed by atoms with Crippen molar-refractivity contribution in [2.75, 3.05) is 13.1 Å². The number of aromatic amines is 1. The Morgan fingerprint density at radius 3 is 2.20 bits per heavy atom. The summed E-state index contributed by atoms with van der Waals surface area (Å²) in [7, 11) is -3.51.